The number of carbonyl (C=O) groups is 1. The fourth-order valence-electron chi connectivity index (χ4n) is 2.19. The second kappa shape index (κ2) is 7.07. The summed E-state index contributed by atoms with van der Waals surface area (Å²) in [6.07, 6.45) is 0.854. The molecule has 0 bridgehead atoms. The van der Waals surface area contributed by atoms with Crippen LogP contribution in [0.5, 0.6) is 0 Å². The first-order valence-electron chi connectivity index (χ1n) is 6.70. The lowest BCUT2D eigenvalue weighted by Crippen LogP contribution is -2.47. The van der Waals surface area contributed by atoms with Crippen molar-refractivity contribution in [3.63, 3.8) is 0 Å². The van der Waals surface area contributed by atoms with E-state index in [2.05, 4.69) is 36.4 Å². The highest BCUT2D eigenvalue weighted by atomic mass is 16.5. The summed E-state index contributed by atoms with van der Waals surface area (Å²) < 4.78 is 5.20. The minimum Gasteiger partial charge on any atom is -0.384 e. The van der Waals surface area contributed by atoms with Crippen LogP contribution in [-0.2, 0) is 9.53 Å². The molecule has 0 aliphatic carbocycles. The largest absolute Gasteiger partial charge is 0.384 e. The first kappa shape index (κ1) is 15.4. The summed E-state index contributed by atoms with van der Waals surface area (Å²) in [4.78, 5) is 14.5. The van der Waals surface area contributed by atoms with Gasteiger partial charge in [-0.15, -0.1) is 0 Å². The number of ether oxygens (including phenoxy) is 1. The molecule has 0 radical (unpaired) electrons. The van der Waals surface area contributed by atoms with E-state index in [0.29, 0.717) is 25.7 Å². The van der Waals surface area contributed by atoms with Gasteiger partial charge in [-0.25, -0.2) is 0 Å². The van der Waals surface area contributed by atoms with Gasteiger partial charge in [-0.3, -0.25) is 4.79 Å². The Morgan fingerprint density at radius 3 is 2.78 bits per heavy atom. The fraction of sp³-hybridized carbons (Fsp3) is 0.923. The number of nitrogens with one attached hydrogen (secondary N) is 2. The predicted octanol–water partition coefficient (Wildman–Crippen LogP) is 0.0689. The smallest absolute Gasteiger partial charge is 0.229 e. The molecule has 0 aromatic carbocycles. The molecule has 1 atom stereocenters. The molecule has 1 saturated heterocycles. The van der Waals surface area contributed by atoms with E-state index in [1.54, 1.807) is 7.11 Å². The van der Waals surface area contributed by atoms with Gasteiger partial charge in [0.2, 0.25) is 5.91 Å². The average Bonchev–Trinajstić information content (AvgIpc) is 2.79. The van der Waals surface area contributed by atoms with E-state index in [0.717, 1.165) is 19.5 Å². The van der Waals surface area contributed by atoms with Gasteiger partial charge in [0.25, 0.3) is 0 Å². The monoisotopic (exact) mass is 257 g/mol. The summed E-state index contributed by atoms with van der Waals surface area (Å²) in [5, 5.41) is 6.28. The number of hydrogen-bond acceptors (Lipinski definition) is 4. The molecule has 106 valence electrons. The van der Waals surface area contributed by atoms with Crippen LogP contribution in [0.1, 0.15) is 20.3 Å². The van der Waals surface area contributed by atoms with Crippen LogP contribution in [0.4, 0.5) is 0 Å². The van der Waals surface area contributed by atoms with Gasteiger partial charge in [0.15, 0.2) is 0 Å². The number of methoxy groups -OCH3 is 1. The number of hydrogen-bond donors (Lipinski definition) is 2. The maximum absolute atomic E-state index is 12.3. The molecule has 0 aromatic heterocycles. The molecule has 0 spiro atoms. The van der Waals surface area contributed by atoms with Gasteiger partial charge in [-0.2, -0.15) is 0 Å². The molecule has 1 aliphatic heterocycles. The van der Waals surface area contributed by atoms with Crippen LogP contribution in [-0.4, -0.2) is 63.8 Å². The van der Waals surface area contributed by atoms with E-state index in [-0.39, 0.29) is 11.3 Å². The van der Waals surface area contributed by atoms with Crippen molar-refractivity contribution in [2.24, 2.45) is 5.41 Å². The minimum atomic E-state index is -0.370. The second-order valence-electron chi connectivity index (χ2n) is 5.47. The summed E-state index contributed by atoms with van der Waals surface area (Å²) in [6.45, 7) is 7.96. The number of rotatable bonds is 7. The predicted molar refractivity (Wildman–Crippen MR) is 72.6 cm³/mol. The molecule has 0 aromatic rings. The first-order valence-corrected chi connectivity index (χ1v) is 6.70. The van der Waals surface area contributed by atoms with Crippen LogP contribution in [0.25, 0.3) is 0 Å². The highest BCUT2D eigenvalue weighted by molar-refractivity contribution is 5.83. The Balaban J connectivity index is 2.38. The molecule has 1 amide bonds. The average molecular weight is 257 g/mol. The highest BCUT2D eigenvalue weighted by Crippen LogP contribution is 2.25. The SMILES string of the molecule is COCC1(C(=O)NCCN(C)C(C)C)CCNC1. The number of carbonyl (C=O) groups excluding carboxylic acids is 1. The van der Waals surface area contributed by atoms with E-state index in [9.17, 15) is 4.79 Å². The Hall–Kier alpha value is -0.650. The molecule has 5 nitrogen and oxygen atoms in total. The number of amides is 1. The highest BCUT2D eigenvalue weighted by Gasteiger charge is 2.41. The zero-order valence-corrected chi connectivity index (χ0v) is 12.1. The van der Waals surface area contributed by atoms with Crippen LogP contribution >= 0.6 is 0 Å². The Bertz CT molecular complexity index is 263. The van der Waals surface area contributed by atoms with E-state index in [1.165, 1.54) is 0 Å². The minimum absolute atomic E-state index is 0.117. The van der Waals surface area contributed by atoms with Gasteiger partial charge < -0.3 is 20.3 Å². The number of likely N-dealkylation sites (N-methyl/N-ethyl adjacent to an activating group) is 1. The van der Waals surface area contributed by atoms with Crippen molar-refractivity contribution in [3.05, 3.63) is 0 Å². The van der Waals surface area contributed by atoms with Gasteiger partial charge in [0.1, 0.15) is 0 Å². The lowest BCUT2D eigenvalue weighted by molar-refractivity contribution is -0.133. The van der Waals surface area contributed by atoms with Crippen molar-refractivity contribution in [2.45, 2.75) is 26.3 Å². The van der Waals surface area contributed by atoms with Crippen molar-refractivity contribution in [1.29, 1.82) is 0 Å². The zero-order chi connectivity index (χ0) is 13.6. The van der Waals surface area contributed by atoms with Crippen LogP contribution in [0.2, 0.25) is 0 Å². The molecule has 5 heteroatoms. The van der Waals surface area contributed by atoms with E-state index in [1.807, 2.05) is 0 Å². The van der Waals surface area contributed by atoms with E-state index < -0.39 is 0 Å². The molecule has 1 aliphatic rings. The van der Waals surface area contributed by atoms with Crippen molar-refractivity contribution in [1.82, 2.24) is 15.5 Å². The number of nitrogens with zero attached hydrogens (tertiary/aromatic N) is 1. The Kier molecular flexibility index (Phi) is 6.05. The van der Waals surface area contributed by atoms with Crippen molar-refractivity contribution >= 4 is 5.91 Å². The Labute approximate surface area is 110 Å². The standard InChI is InChI=1S/C13H27N3O2/c1-11(2)16(3)8-7-15-12(17)13(10-18-4)5-6-14-9-13/h11,14H,5-10H2,1-4H3,(H,15,17). The molecule has 18 heavy (non-hydrogen) atoms. The Morgan fingerprint density at radius 2 is 2.28 bits per heavy atom. The molecule has 1 rings (SSSR count). The van der Waals surface area contributed by atoms with Gasteiger partial charge in [0.05, 0.1) is 12.0 Å². The molecule has 1 unspecified atom stereocenters. The van der Waals surface area contributed by atoms with E-state index in [4.69, 9.17) is 4.74 Å². The molecule has 1 heterocycles. The maximum Gasteiger partial charge on any atom is 0.229 e. The normalized spacial score (nSPS) is 23.9. The van der Waals surface area contributed by atoms with Crippen LogP contribution in [0.3, 0.4) is 0 Å². The van der Waals surface area contributed by atoms with Crippen LogP contribution in [0, 0.1) is 5.41 Å². The fourth-order valence-corrected chi connectivity index (χ4v) is 2.19. The van der Waals surface area contributed by atoms with Gasteiger partial charge >= 0.3 is 0 Å². The van der Waals surface area contributed by atoms with Crippen LogP contribution < -0.4 is 10.6 Å². The first-order chi connectivity index (χ1) is 8.52. The lowest BCUT2D eigenvalue weighted by Gasteiger charge is -2.27. The third-order valence-corrected chi connectivity index (χ3v) is 3.78. The topological polar surface area (TPSA) is 53.6 Å². The maximum atomic E-state index is 12.3. The van der Waals surface area contributed by atoms with Crippen LogP contribution in [0.15, 0.2) is 0 Å². The Morgan fingerprint density at radius 1 is 1.56 bits per heavy atom. The molecule has 1 fully saturated rings. The summed E-state index contributed by atoms with van der Waals surface area (Å²) in [7, 11) is 3.72. The second-order valence-corrected chi connectivity index (χ2v) is 5.47. The molecular weight excluding hydrogens is 230 g/mol. The van der Waals surface area contributed by atoms with E-state index >= 15 is 0 Å². The lowest BCUT2D eigenvalue weighted by atomic mass is 9.87. The summed E-state index contributed by atoms with van der Waals surface area (Å²) >= 11 is 0. The van der Waals surface area contributed by atoms with Crippen molar-refractivity contribution in [3.8, 4) is 0 Å². The molecular formula is C13H27N3O2. The summed E-state index contributed by atoms with van der Waals surface area (Å²) in [5.74, 6) is 0.117. The van der Waals surface area contributed by atoms with Gasteiger partial charge in [-0.1, -0.05) is 0 Å². The van der Waals surface area contributed by atoms with Gasteiger partial charge in [-0.05, 0) is 33.9 Å². The molecule has 2 N–H and O–H groups in total. The third kappa shape index (κ3) is 3.93. The van der Waals surface area contributed by atoms with Crippen molar-refractivity contribution in [2.75, 3.05) is 46.9 Å². The van der Waals surface area contributed by atoms with Gasteiger partial charge in [0, 0.05) is 32.8 Å². The molecule has 0 saturated carbocycles. The third-order valence-electron chi connectivity index (χ3n) is 3.78. The summed E-state index contributed by atoms with van der Waals surface area (Å²) in [6, 6.07) is 0.503. The van der Waals surface area contributed by atoms with Crippen molar-refractivity contribution < 1.29 is 9.53 Å². The zero-order valence-electron chi connectivity index (χ0n) is 12.1. The summed E-state index contributed by atoms with van der Waals surface area (Å²) in [5.41, 5.74) is -0.370. The quantitative estimate of drug-likeness (QED) is 0.678.